The van der Waals surface area contributed by atoms with Gasteiger partial charge in [0.2, 0.25) is 5.88 Å². The molecule has 3 rings (SSSR count). The summed E-state index contributed by atoms with van der Waals surface area (Å²) in [4.78, 5) is 19.7. The van der Waals surface area contributed by atoms with Gasteiger partial charge in [-0.05, 0) is 35.6 Å². The highest BCUT2D eigenvalue weighted by Crippen LogP contribution is 2.28. The second-order valence-corrected chi connectivity index (χ2v) is 5.76. The number of hydrogen-bond donors (Lipinski definition) is 0. The molecular formula is C15H16N2O3S. The van der Waals surface area contributed by atoms with Crippen molar-refractivity contribution in [1.82, 2.24) is 4.98 Å². The van der Waals surface area contributed by atoms with Crippen molar-refractivity contribution in [2.75, 3.05) is 25.7 Å². The first kappa shape index (κ1) is 13.9. The van der Waals surface area contributed by atoms with Crippen LogP contribution in [0.25, 0.3) is 0 Å². The fraction of sp³-hybridized carbons (Fsp3) is 0.333. The Labute approximate surface area is 127 Å². The van der Waals surface area contributed by atoms with Crippen molar-refractivity contribution in [1.29, 1.82) is 0 Å². The van der Waals surface area contributed by atoms with Crippen LogP contribution in [-0.4, -0.2) is 31.7 Å². The lowest BCUT2D eigenvalue weighted by Gasteiger charge is -2.28. The minimum atomic E-state index is -0.440. The van der Waals surface area contributed by atoms with Gasteiger partial charge in [-0.15, -0.1) is 11.3 Å². The molecular weight excluding hydrogens is 288 g/mol. The van der Waals surface area contributed by atoms with E-state index in [4.69, 9.17) is 9.47 Å². The zero-order valence-corrected chi connectivity index (χ0v) is 12.8. The molecule has 1 aliphatic heterocycles. The minimum Gasteiger partial charge on any atom is -0.480 e. The summed E-state index contributed by atoms with van der Waals surface area (Å²) in [5, 5.41) is 2.13. The van der Waals surface area contributed by atoms with Crippen LogP contribution in [0.5, 0.6) is 5.88 Å². The fourth-order valence-corrected chi connectivity index (χ4v) is 3.36. The molecule has 0 spiro atoms. The lowest BCUT2D eigenvalue weighted by Crippen LogP contribution is -2.30. The Morgan fingerprint density at radius 3 is 2.95 bits per heavy atom. The van der Waals surface area contributed by atoms with E-state index < -0.39 is 5.97 Å². The van der Waals surface area contributed by atoms with E-state index >= 15 is 0 Å². The van der Waals surface area contributed by atoms with Gasteiger partial charge in [-0.2, -0.15) is 4.98 Å². The van der Waals surface area contributed by atoms with E-state index in [1.165, 1.54) is 24.7 Å². The topological polar surface area (TPSA) is 51.7 Å². The maximum absolute atomic E-state index is 11.7. The van der Waals surface area contributed by atoms with Crippen LogP contribution in [0.2, 0.25) is 0 Å². The van der Waals surface area contributed by atoms with E-state index in [1.54, 1.807) is 17.4 Å². The zero-order valence-electron chi connectivity index (χ0n) is 12.0. The number of nitrogens with zero attached hydrogens (tertiary/aromatic N) is 2. The molecule has 0 aromatic carbocycles. The molecule has 2 aromatic rings. The molecule has 3 heterocycles. The van der Waals surface area contributed by atoms with Crippen molar-refractivity contribution in [3.05, 3.63) is 39.6 Å². The highest BCUT2D eigenvalue weighted by atomic mass is 32.1. The maximum Gasteiger partial charge on any atom is 0.343 e. The molecule has 0 fully saturated rings. The molecule has 0 unspecified atom stereocenters. The van der Waals surface area contributed by atoms with E-state index in [1.807, 2.05) is 6.07 Å². The number of aromatic nitrogens is 1. The minimum absolute atomic E-state index is 0.301. The average molecular weight is 304 g/mol. The number of methoxy groups -OCH3 is 2. The van der Waals surface area contributed by atoms with Crippen molar-refractivity contribution in [2.45, 2.75) is 13.0 Å². The molecule has 0 saturated carbocycles. The number of rotatable bonds is 3. The second kappa shape index (κ2) is 5.73. The third kappa shape index (κ3) is 2.58. The second-order valence-electron chi connectivity index (χ2n) is 4.76. The maximum atomic E-state index is 11.7. The smallest absolute Gasteiger partial charge is 0.343 e. The molecule has 0 bridgehead atoms. The molecule has 1 aliphatic rings. The largest absolute Gasteiger partial charge is 0.480 e. The highest BCUT2D eigenvalue weighted by molar-refractivity contribution is 7.10. The molecule has 0 saturated heterocycles. The van der Waals surface area contributed by atoms with Gasteiger partial charge < -0.3 is 14.4 Å². The number of esters is 1. The molecule has 0 radical (unpaired) electrons. The summed E-state index contributed by atoms with van der Waals surface area (Å²) in [6.45, 7) is 1.76. The molecule has 6 heteroatoms. The summed E-state index contributed by atoms with van der Waals surface area (Å²) in [7, 11) is 2.85. The van der Waals surface area contributed by atoms with Gasteiger partial charge in [0.25, 0.3) is 0 Å². The van der Waals surface area contributed by atoms with Crippen LogP contribution in [0.4, 0.5) is 5.82 Å². The molecule has 0 N–H and O–H groups in total. The van der Waals surface area contributed by atoms with Crippen molar-refractivity contribution < 1.29 is 14.3 Å². The Morgan fingerprint density at radius 1 is 1.33 bits per heavy atom. The predicted octanol–water partition coefficient (Wildman–Crippen LogP) is 2.50. The van der Waals surface area contributed by atoms with Gasteiger partial charge in [-0.1, -0.05) is 0 Å². The number of thiophene rings is 1. The van der Waals surface area contributed by atoms with Crippen LogP contribution in [0.3, 0.4) is 0 Å². The lowest BCUT2D eigenvalue weighted by molar-refractivity contribution is 0.0596. The SMILES string of the molecule is COC(=O)c1ccc(N2CCc3sccc3C2)nc1OC. The van der Waals surface area contributed by atoms with Crippen molar-refractivity contribution >= 4 is 23.1 Å². The summed E-state index contributed by atoms with van der Waals surface area (Å²) in [5.74, 6) is 0.677. The molecule has 0 atom stereocenters. The van der Waals surface area contributed by atoms with Gasteiger partial charge in [0, 0.05) is 18.0 Å². The summed E-state index contributed by atoms with van der Waals surface area (Å²) in [5.41, 5.74) is 1.70. The number of carbonyl (C=O) groups excluding carboxylic acids is 1. The number of fused-ring (bicyclic) bond motifs is 1. The highest BCUT2D eigenvalue weighted by Gasteiger charge is 2.21. The third-order valence-electron chi connectivity index (χ3n) is 3.58. The lowest BCUT2D eigenvalue weighted by atomic mass is 10.1. The first-order chi connectivity index (χ1) is 10.2. The molecule has 0 amide bonds. The predicted molar refractivity (Wildman–Crippen MR) is 81.2 cm³/mol. The Kier molecular flexibility index (Phi) is 3.79. The van der Waals surface area contributed by atoms with Gasteiger partial charge in [-0.25, -0.2) is 4.79 Å². The van der Waals surface area contributed by atoms with Crippen LogP contribution >= 0.6 is 11.3 Å². The fourth-order valence-electron chi connectivity index (χ4n) is 2.47. The normalized spacial score (nSPS) is 13.7. The van der Waals surface area contributed by atoms with E-state index in [2.05, 4.69) is 21.3 Å². The average Bonchev–Trinajstić information content (AvgIpc) is 3.01. The van der Waals surface area contributed by atoms with Crippen LogP contribution in [0.1, 0.15) is 20.8 Å². The third-order valence-corrected chi connectivity index (χ3v) is 4.60. The molecule has 21 heavy (non-hydrogen) atoms. The molecule has 5 nitrogen and oxygen atoms in total. The molecule has 2 aromatic heterocycles. The number of hydrogen-bond acceptors (Lipinski definition) is 6. The Morgan fingerprint density at radius 2 is 2.19 bits per heavy atom. The van der Waals surface area contributed by atoms with E-state index in [0.717, 1.165) is 25.3 Å². The summed E-state index contributed by atoms with van der Waals surface area (Å²) in [6.07, 6.45) is 1.02. The standard InChI is InChI=1S/C15H16N2O3S/c1-19-14-11(15(18)20-2)3-4-13(16-14)17-7-5-12-10(9-17)6-8-21-12/h3-4,6,8H,5,7,9H2,1-2H3. The summed E-state index contributed by atoms with van der Waals surface area (Å²) in [6, 6.07) is 5.70. The quantitative estimate of drug-likeness (QED) is 0.816. The van der Waals surface area contributed by atoms with Crippen LogP contribution in [-0.2, 0) is 17.7 Å². The summed E-state index contributed by atoms with van der Waals surface area (Å²) >= 11 is 1.81. The van der Waals surface area contributed by atoms with E-state index in [-0.39, 0.29) is 0 Å². The number of ether oxygens (including phenoxy) is 2. The van der Waals surface area contributed by atoms with E-state index in [9.17, 15) is 4.79 Å². The molecule has 0 aliphatic carbocycles. The van der Waals surface area contributed by atoms with Crippen molar-refractivity contribution in [2.24, 2.45) is 0 Å². The first-order valence-corrected chi connectivity index (χ1v) is 7.54. The Balaban J connectivity index is 1.88. The number of anilines is 1. The van der Waals surface area contributed by atoms with Gasteiger partial charge in [0.15, 0.2) is 0 Å². The van der Waals surface area contributed by atoms with Gasteiger partial charge in [-0.3, -0.25) is 0 Å². The van der Waals surface area contributed by atoms with Gasteiger partial charge >= 0.3 is 5.97 Å². The van der Waals surface area contributed by atoms with Gasteiger partial charge in [0.1, 0.15) is 11.4 Å². The van der Waals surface area contributed by atoms with Crippen LogP contribution in [0.15, 0.2) is 23.6 Å². The van der Waals surface area contributed by atoms with Crippen molar-refractivity contribution in [3.8, 4) is 5.88 Å². The Hall–Kier alpha value is -2.08. The molecule has 110 valence electrons. The monoisotopic (exact) mass is 304 g/mol. The number of carbonyl (C=O) groups is 1. The number of pyridine rings is 1. The van der Waals surface area contributed by atoms with E-state index in [0.29, 0.717) is 11.4 Å². The van der Waals surface area contributed by atoms with Crippen LogP contribution in [0, 0.1) is 0 Å². The summed E-state index contributed by atoms with van der Waals surface area (Å²) < 4.78 is 9.95. The first-order valence-electron chi connectivity index (χ1n) is 6.66. The Bertz CT molecular complexity index is 669. The van der Waals surface area contributed by atoms with Crippen LogP contribution < -0.4 is 9.64 Å². The zero-order chi connectivity index (χ0) is 14.8. The van der Waals surface area contributed by atoms with Crippen molar-refractivity contribution in [3.63, 3.8) is 0 Å². The van der Waals surface area contributed by atoms with Gasteiger partial charge in [0.05, 0.1) is 14.2 Å².